The molecule has 5 heteroatoms. The van der Waals surface area contributed by atoms with E-state index in [0.29, 0.717) is 5.69 Å². The van der Waals surface area contributed by atoms with Gasteiger partial charge < -0.3 is 14.9 Å². The van der Waals surface area contributed by atoms with Crippen molar-refractivity contribution in [2.45, 2.75) is 25.3 Å². The van der Waals surface area contributed by atoms with Crippen LogP contribution in [0.4, 0.5) is 15.8 Å². The van der Waals surface area contributed by atoms with Gasteiger partial charge in [0.1, 0.15) is 11.9 Å². The third kappa shape index (κ3) is 3.13. The predicted octanol–water partition coefficient (Wildman–Crippen LogP) is 3.16. The maximum atomic E-state index is 13.9. The summed E-state index contributed by atoms with van der Waals surface area (Å²) in [5, 5.41) is 9.14. The third-order valence-electron chi connectivity index (χ3n) is 4.38. The van der Waals surface area contributed by atoms with Crippen molar-refractivity contribution < 1.29 is 14.3 Å². The first-order valence-electron chi connectivity index (χ1n) is 8.02. The van der Waals surface area contributed by atoms with Crippen LogP contribution >= 0.6 is 0 Å². The van der Waals surface area contributed by atoms with Gasteiger partial charge in [0.25, 0.3) is 0 Å². The van der Waals surface area contributed by atoms with Gasteiger partial charge in [-0.25, -0.2) is 9.18 Å². The summed E-state index contributed by atoms with van der Waals surface area (Å²) in [6.45, 7) is 1.85. The summed E-state index contributed by atoms with van der Waals surface area (Å²) in [4.78, 5) is 15.1. The van der Waals surface area contributed by atoms with Crippen LogP contribution < -0.4 is 9.80 Å². The molecule has 1 aromatic rings. The molecule has 2 heterocycles. The van der Waals surface area contributed by atoms with Gasteiger partial charge in [0, 0.05) is 19.3 Å². The van der Waals surface area contributed by atoms with Gasteiger partial charge in [0.2, 0.25) is 0 Å². The Morgan fingerprint density at radius 1 is 1.25 bits per heavy atom. The summed E-state index contributed by atoms with van der Waals surface area (Å²) < 4.78 is 13.9. The van der Waals surface area contributed by atoms with Crippen LogP contribution in [0.1, 0.15) is 19.3 Å². The molecular formula is C19H19FN2O2. The highest BCUT2D eigenvalue weighted by atomic mass is 19.1. The molecular weight excluding hydrogens is 307 g/mol. The Balaban J connectivity index is 1.99. The molecule has 0 radical (unpaired) electrons. The molecule has 1 atom stereocenters. The lowest BCUT2D eigenvalue weighted by molar-refractivity contribution is -0.132. The summed E-state index contributed by atoms with van der Waals surface area (Å²) in [7, 11) is 0. The smallest absolute Gasteiger partial charge is 0.335 e. The van der Waals surface area contributed by atoms with Gasteiger partial charge in [0.15, 0.2) is 0 Å². The van der Waals surface area contributed by atoms with E-state index in [1.807, 2.05) is 0 Å². The largest absolute Gasteiger partial charge is 0.478 e. The van der Waals surface area contributed by atoms with Crippen molar-refractivity contribution in [3.63, 3.8) is 0 Å². The van der Waals surface area contributed by atoms with Crippen molar-refractivity contribution >= 4 is 17.3 Å². The molecule has 0 spiro atoms. The summed E-state index contributed by atoms with van der Waals surface area (Å²) in [5.74, 6) is 1.21. The quantitative estimate of drug-likeness (QED) is 0.867. The fourth-order valence-corrected chi connectivity index (χ4v) is 3.17. The zero-order chi connectivity index (χ0) is 17.1. The zero-order valence-electron chi connectivity index (χ0n) is 13.3. The van der Waals surface area contributed by atoms with Crippen LogP contribution in [-0.2, 0) is 4.79 Å². The number of hydrogen-bond donors (Lipinski definition) is 1. The van der Waals surface area contributed by atoms with Gasteiger partial charge in [-0.2, -0.15) is 0 Å². The second kappa shape index (κ2) is 6.79. The molecule has 0 aromatic heterocycles. The highest BCUT2D eigenvalue weighted by molar-refractivity contribution is 5.91. The van der Waals surface area contributed by atoms with Crippen LogP contribution in [0.15, 0.2) is 42.1 Å². The van der Waals surface area contributed by atoms with Gasteiger partial charge in [-0.15, -0.1) is 6.42 Å². The van der Waals surface area contributed by atoms with Crippen LogP contribution in [0, 0.1) is 18.2 Å². The van der Waals surface area contributed by atoms with Crippen LogP contribution in [0.5, 0.6) is 0 Å². The van der Waals surface area contributed by atoms with E-state index < -0.39 is 12.0 Å². The first-order valence-corrected chi connectivity index (χ1v) is 8.02. The number of carboxylic acid groups (broad SMARTS) is 1. The van der Waals surface area contributed by atoms with Gasteiger partial charge in [-0.3, -0.25) is 0 Å². The number of terminal acetylenes is 1. The molecule has 0 bridgehead atoms. The van der Waals surface area contributed by atoms with E-state index in [2.05, 4.69) is 10.8 Å². The Morgan fingerprint density at radius 3 is 2.67 bits per heavy atom. The standard InChI is InChI=1S/C19H19FN2O2/c1-2-16-12-14(19(23)24)8-11-22(16)18-13-15(20)6-7-17(18)21-9-4-3-5-10-21/h1,6-8,11-13,16H,3-5,9-10H2,(H,23,24). The maximum absolute atomic E-state index is 13.9. The molecule has 0 saturated carbocycles. The number of hydrogen-bond acceptors (Lipinski definition) is 3. The number of anilines is 2. The molecule has 0 amide bonds. The summed E-state index contributed by atoms with van der Waals surface area (Å²) in [5.41, 5.74) is 1.73. The average Bonchev–Trinajstić information content (AvgIpc) is 2.61. The van der Waals surface area contributed by atoms with E-state index in [-0.39, 0.29) is 11.4 Å². The Bertz CT molecular complexity index is 742. The second-order valence-electron chi connectivity index (χ2n) is 5.94. The van der Waals surface area contributed by atoms with Crippen LogP contribution in [0.2, 0.25) is 0 Å². The van der Waals surface area contributed by atoms with Crippen LogP contribution in [-0.4, -0.2) is 30.2 Å². The van der Waals surface area contributed by atoms with Crippen molar-refractivity contribution in [2.75, 3.05) is 22.9 Å². The number of aliphatic carboxylic acids is 1. The Kier molecular flexibility index (Phi) is 4.57. The molecule has 1 saturated heterocycles. The van der Waals surface area contributed by atoms with E-state index in [4.69, 9.17) is 11.5 Å². The summed E-state index contributed by atoms with van der Waals surface area (Å²) >= 11 is 0. The van der Waals surface area contributed by atoms with Gasteiger partial charge >= 0.3 is 5.97 Å². The molecule has 3 rings (SSSR count). The molecule has 4 nitrogen and oxygen atoms in total. The number of nitrogens with zero attached hydrogens (tertiary/aromatic N) is 2. The van der Waals surface area contributed by atoms with Crippen molar-refractivity contribution in [2.24, 2.45) is 0 Å². The minimum Gasteiger partial charge on any atom is -0.478 e. The fraction of sp³-hybridized carbons (Fsp3) is 0.316. The minimum atomic E-state index is -1.03. The normalized spacial score (nSPS) is 20.5. The summed E-state index contributed by atoms with van der Waals surface area (Å²) in [6.07, 6.45) is 13.6. The van der Waals surface area contributed by atoms with E-state index in [1.54, 1.807) is 17.2 Å². The first-order chi connectivity index (χ1) is 11.6. The number of carbonyl (C=O) groups is 1. The highest BCUT2D eigenvalue weighted by Gasteiger charge is 2.24. The SMILES string of the molecule is C#CC1C=C(C(=O)O)C=CN1c1cc(F)ccc1N1CCCCC1. The Morgan fingerprint density at radius 2 is 2.00 bits per heavy atom. The topological polar surface area (TPSA) is 43.8 Å². The van der Waals surface area contributed by atoms with E-state index >= 15 is 0 Å². The molecule has 124 valence electrons. The van der Waals surface area contributed by atoms with E-state index in [1.165, 1.54) is 30.7 Å². The second-order valence-corrected chi connectivity index (χ2v) is 5.94. The molecule has 2 aliphatic heterocycles. The number of halogens is 1. The third-order valence-corrected chi connectivity index (χ3v) is 4.38. The lowest BCUT2D eigenvalue weighted by Gasteiger charge is -2.35. The van der Waals surface area contributed by atoms with Crippen LogP contribution in [0.3, 0.4) is 0 Å². The lowest BCUT2D eigenvalue weighted by atomic mass is 10.0. The fourth-order valence-electron chi connectivity index (χ4n) is 3.17. The zero-order valence-corrected chi connectivity index (χ0v) is 13.3. The molecule has 2 aliphatic rings. The number of carboxylic acids is 1. The number of rotatable bonds is 3. The molecule has 1 unspecified atom stereocenters. The first kappa shape index (κ1) is 16.1. The van der Waals surface area contributed by atoms with Gasteiger partial charge in [-0.1, -0.05) is 5.92 Å². The molecule has 1 fully saturated rings. The van der Waals surface area contributed by atoms with Crippen molar-refractivity contribution in [3.05, 3.63) is 47.9 Å². The van der Waals surface area contributed by atoms with Crippen molar-refractivity contribution in [1.29, 1.82) is 0 Å². The van der Waals surface area contributed by atoms with Gasteiger partial charge in [0.05, 0.1) is 16.9 Å². The average molecular weight is 326 g/mol. The molecule has 24 heavy (non-hydrogen) atoms. The van der Waals surface area contributed by atoms with Crippen molar-refractivity contribution in [3.8, 4) is 12.3 Å². The Hall–Kier alpha value is -2.74. The van der Waals surface area contributed by atoms with Crippen LogP contribution in [0.25, 0.3) is 0 Å². The van der Waals surface area contributed by atoms with E-state index in [9.17, 15) is 9.18 Å². The van der Waals surface area contributed by atoms with Crippen molar-refractivity contribution in [1.82, 2.24) is 0 Å². The lowest BCUT2D eigenvalue weighted by Crippen LogP contribution is -2.35. The minimum absolute atomic E-state index is 0.144. The molecule has 1 N–H and O–H groups in total. The predicted molar refractivity (Wildman–Crippen MR) is 92.4 cm³/mol. The van der Waals surface area contributed by atoms with E-state index in [0.717, 1.165) is 31.6 Å². The summed E-state index contributed by atoms with van der Waals surface area (Å²) in [6, 6.07) is 4.11. The molecule has 0 aliphatic carbocycles. The monoisotopic (exact) mass is 326 g/mol. The number of benzene rings is 1. The molecule has 1 aromatic carbocycles. The van der Waals surface area contributed by atoms with Gasteiger partial charge in [-0.05, 0) is 49.6 Å². The Labute approximate surface area is 140 Å². The number of piperidine rings is 1. The highest BCUT2D eigenvalue weighted by Crippen LogP contribution is 2.35. The maximum Gasteiger partial charge on any atom is 0.335 e.